The van der Waals surface area contributed by atoms with Crippen LogP contribution in [0.4, 0.5) is 16.0 Å². The summed E-state index contributed by atoms with van der Waals surface area (Å²) in [7, 11) is 1.98. The van der Waals surface area contributed by atoms with Crippen LogP contribution in [0.1, 0.15) is 74.2 Å². The quantitative estimate of drug-likeness (QED) is 0.365. The zero-order chi connectivity index (χ0) is 25.5. The Morgan fingerprint density at radius 2 is 1.76 bits per heavy atom. The van der Waals surface area contributed by atoms with Gasteiger partial charge in [-0.05, 0) is 69.1 Å². The van der Waals surface area contributed by atoms with Crippen LogP contribution in [0.25, 0.3) is 11.3 Å². The van der Waals surface area contributed by atoms with Crippen LogP contribution in [-0.2, 0) is 6.42 Å². The first-order chi connectivity index (χ1) is 18.0. The standard InChI is InChI=1S/C29H36ClFN6/c1-20-23-18-22(30)13-12-21(23)10-4-3-6-14-34(2)29-27(31)28(35-15-8-9-16-35)32-26-19-24(33-37(26)29)25-11-5-7-17-36(20)25/h12-13,18-19,25H,1,3-11,14-17H2,2H3. The molecule has 5 heterocycles. The molecule has 196 valence electrons. The lowest BCUT2D eigenvalue weighted by molar-refractivity contribution is 0.226. The minimum absolute atomic E-state index is 0.0661. The molecule has 37 heavy (non-hydrogen) atoms. The summed E-state index contributed by atoms with van der Waals surface area (Å²) in [5.74, 6) is 0.722. The summed E-state index contributed by atoms with van der Waals surface area (Å²) in [6.07, 6.45) is 9.45. The van der Waals surface area contributed by atoms with Crippen molar-refractivity contribution in [3.05, 3.63) is 58.5 Å². The number of anilines is 2. The average molecular weight is 523 g/mol. The van der Waals surface area contributed by atoms with E-state index in [2.05, 4.69) is 34.6 Å². The highest BCUT2D eigenvalue weighted by atomic mass is 35.5. The number of benzene rings is 1. The lowest BCUT2D eigenvalue weighted by Gasteiger charge is -2.38. The molecule has 2 saturated heterocycles. The van der Waals surface area contributed by atoms with E-state index in [1.54, 1.807) is 4.52 Å². The summed E-state index contributed by atoms with van der Waals surface area (Å²) in [5, 5.41) is 5.76. The van der Waals surface area contributed by atoms with Gasteiger partial charge in [0.15, 0.2) is 17.3 Å². The fourth-order valence-electron chi connectivity index (χ4n) is 6.30. The Labute approximate surface area is 223 Å². The van der Waals surface area contributed by atoms with Crippen molar-refractivity contribution < 1.29 is 4.39 Å². The smallest absolute Gasteiger partial charge is 0.208 e. The van der Waals surface area contributed by atoms with Gasteiger partial charge in [0.25, 0.3) is 0 Å². The molecule has 0 N–H and O–H groups in total. The molecule has 2 bridgehead atoms. The fraction of sp³-hybridized carbons (Fsp3) is 0.517. The molecule has 0 aliphatic carbocycles. The molecule has 1 unspecified atom stereocenters. The summed E-state index contributed by atoms with van der Waals surface area (Å²) < 4.78 is 17.9. The summed E-state index contributed by atoms with van der Waals surface area (Å²) in [6, 6.07) is 8.34. The van der Waals surface area contributed by atoms with Crippen LogP contribution in [0, 0.1) is 5.82 Å². The van der Waals surface area contributed by atoms with E-state index in [-0.39, 0.29) is 11.9 Å². The number of rotatable bonds is 1. The van der Waals surface area contributed by atoms with Crippen molar-refractivity contribution >= 4 is 34.6 Å². The van der Waals surface area contributed by atoms with Gasteiger partial charge in [-0.1, -0.05) is 30.7 Å². The van der Waals surface area contributed by atoms with Gasteiger partial charge >= 0.3 is 0 Å². The van der Waals surface area contributed by atoms with Crippen LogP contribution in [-0.4, -0.2) is 52.7 Å². The largest absolute Gasteiger partial charge is 0.363 e. The van der Waals surface area contributed by atoms with E-state index < -0.39 is 0 Å². The third-order valence-corrected chi connectivity index (χ3v) is 8.54. The van der Waals surface area contributed by atoms with Crippen LogP contribution in [0.5, 0.6) is 0 Å². The van der Waals surface area contributed by atoms with Gasteiger partial charge in [-0.3, -0.25) is 0 Å². The number of halogens is 2. The molecular weight excluding hydrogens is 487 g/mol. The van der Waals surface area contributed by atoms with Crippen molar-refractivity contribution in [2.75, 3.05) is 43.0 Å². The molecule has 6 rings (SSSR count). The third kappa shape index (κ3) is 4.56. The van der Waals surface area contributed by atoms with E-state index in [1.165, 1.54) is 5.56 Å². The van der Waals surface area contributed by atoms with Crippen molar-refractivity contribution in [3.8, 4) is 0 Å². The minimum Gasteiger partial charge on any atom is -0.363 e. The minimum atomic E-state index is -0.261. The van der Waals surface area contributed by atoms with Gasteiger partial charge in [-0.25, -0.2) is 4.98 Å². The van der Waals surface area contributed by atoms with Gasteiger partial charge < -0.3 is 14.7 Å². The highest BCUT2D eigenvalue weighted by molar-refractivity contribution is 6.30. The predicted molar refractivity (Wildman–Crippen MR) is 149 cm³/mol. The lowest BCUT2D eigenvalue weighted by Crippen LogP contribution is -2.32. The number of nitrogens with zero attached hydrogens (tertiary/aromatic N) is 6. The van der Waals surface area contributed by atoms with Gasteiger partial charge in [-0.15, -0.1) is 0 Å². The van der Waals surface area contributed by atoms with Crippen LogP contribution in [0.3, 0.4) is 0 Å². The van der Waals surface area contributed by atoms with Crippen molar-refractivity contribution in [1.82, 2.24) is 19.5 Å². The van der Waals surface area contributed by atoms with Gasteiger partial charge in [-0.2, -0.15) is 14.0 Å². The van der Waals surface area contributed by atoms with E-state index in [4.69, 9.17) is 21.7 Å². The molecule has 8 heteroatoms. The van der Waals surface area contributed by atoms with Crippen LogP contribution in [0.15, 0.2) is 30.8 Å². The Kier molecular flexibility index (Phi) is 6.74. The van der Waals surface area contributed by atoms with Crippen molar-refractivity contribution in [2.45, 2.75) is 63.8 Å². The molecule has 0 spiro atoms. The second kappa shape index (κ2) is 10.2. The van der Waals surface area contributed by atoms with Gasteiger partial charge in [0.2, 0.25) is 5.82 Å². The monoisotopic (exact) mass is 522 g/mol. The van der Waals surface area contributed by atoms with Crippen LogP contribution < -0.4 is 9.80 Å². The van der Waals surface area contributed by atoms with E-state index in [9.17, 15) is 0 Å². The number of fused-ring (bicyclic) bond motifs is 4. The maximum Gasteiger partial charge on any atom is 0.208 e. The van der Waals surface area contributed by atoms with Crippen LogP contribution >= 0.6 is 11.6 Å². The molecule has 0 saturated carbocycles. The number of hydrogen-bond acceptors (Lipinski definition) is 5. The lowest BCUT2D eigenvalue weighted by atomic mass is 9.94. The van der Waals surface area contributed by atoms with Crippen LogP contribution in [0.2, 0.25) is 5.02 Å². The molecule has 0 radical (unpaired) electrons. The summed E-state index contributed by atoms with van der Waals surface area (Å²) in [4.78, 5) is 11.3. The van der Waals surface area contributed by atoms with Gasteiger partial charge in [0, 0.05) is 55.6 Å². The fourth-order valence-corrected chi connectivity index (χ4v) is 6.48. The number of piperidine rings is 1. The van der Waals surface area contributed by atoms with E-state index in [0.29, 0.717) is 17.3 Å². The summed E-state index contributed by atoms with van der Waals surface area (Å²) in [5.41, 5.74) is 5.08. The van der Waals surface area contributed by atoms with Crippen molar-refractivity contribution in [1.29, 1.82) is 0 Å². The number of aryl methyl sites for hydroxylation is 1. The van der Waals surface area contributed by atoms with Gasteiger partial charge in [0.1, 0.15) is 0 Å². The molecule has 2 aromatic heterocycles. The van der Waals surface area contributed by atoms with E-state index in [1.807, 2.05) is 18.0 Å². The molecule has 3 aliphatic rings. The molecule has 1 aromatic carbocycles. The maximum absolute atomic E-state index is 16.1. The first-order valence-electron chi connectivity index (χ1n) is 13.8. The number of aromatic nitrogens is 3. The highest BCUT2D eigenvalue weighted by Gasteiger charge is 2.31. The topological polar surface area (TPSA) is 39.9 Å². The van der Waals surface area contributed by atoms with Crippen molar-refractivity contribution in [3.63, 3.8) is 0 Å². The predicted octanol–water partition coefficient (Wildman–Crippen LogP) is 6.48. The first-order valence-corrected chi connectivity index (χ1v) is 14.2. The summed E-state index contributed by atoms with van der Waals surface area (Å²) in [6.45, 7) is 7.95. The van der Waals surface area contributed by atoms with E-state index >= 15 is 4.39 Å². The Morgan fingerprint density at radius 1 is 0.973 bits per heavy atom. The molecule has 3 aliphatic heterocycles. The third-order valence-electron chi connectivity index (χ3n) is 8.30. The Hall–Kier alpha value is -2.80. The zero-order valence-corrected chi connectivity index (χ0v) is 22.5. The molecule has 3 aromatic rings. The average Bonchev–Trinajstić information content (AvgIpc) is 3.58. The molecule has 0 amide bonds. The second-order valence-electron chi connectivity index (χ2n) is 10.8. The summed E-state index contributed by atoms with van der Waals surface area (Å²) >= 11 is 6.47. The molecule has 6 nitrogen and oxygen atoms in total. The normalized spacial score (nSPS) is 21.2. The molecular formula is C29H36ClFN6. The second-order valence-corrected chi connectivity index (χ2v) is 11.2. The Balaban J connectivity index is 1.49. The first kappa shape index (κ1) is 24.5. The van der Waals surface area contributed by atoms with Gasteiger partial charge in [0.05, 0.1) is 11.7 Å². The number of hydrogen-bond donors (Lipinski definition) is 0. The SMILES string of the molecule is C=C1c2cc(Cl)ccc2CCCCCN(C)c2c(F)c(N3CCCC3)nc3cc(nn23)C2CCCCN12. The highest BCUT2D eigenvalue weighted by Crippen LogP contribution is 2.39. The molecule has 2 fully saturated rings. The maximum atomic E-state index is 16.1. The Morgan fingerprint density at radius 3 is 2.59 bits per heavy atom. The Bertz CT molecular complexity index is 1310. The molecule has 1 atom stereocenters. The van der Waals surface area contributed by atoms with Crippen molar-refractivity contribution in [2.24, 2.45) is 0 Å². The zero-order valence-electron chi connectivity index (χ0n) is 21.7. The van der Waals surface area contributed by atoms with E-state index in [0.717, 1.165) is 106 Å².